The Morgan fingerprint density at radius 1 is 1.56 bits per heavy atom. The molecule has 0 bridgehead atoms. The van der Waals surface area contributed by atoms with Gasteiger partial charge in [-0.15, -0.1) is 0 Å². The van der Waals surface area contributed by atoms with Crippen molar-refractivity contribution in [1.82, 2.24) is 0 Å². The molecule has 0 amide bonds. The minimum absolute atomic E-state index is 0.117. The average molecular weight is 286 g/mol. The molecule has 1 atom stereocenters. The maximum atomic E-state index is 8.99. The van der Waals surface area contributed by atoms with Crippen molar-refractivity contribution in [1.29, 1.82) is 5.26 Å². The lowest BCUT2D eigenvalue weighted by Gasteiger charge is -2.14. The number of hydrogen-bond acceptors (Lipinski definition) is 4. The third-order valence-electron chi connectivity index (χ3n) is 1.97. The van der Waals surface area contributed by atoms with Crippen LogP contribution >= 0.6 is 15.9 Å². The summed E-state index contributed by atoms with van der Waals surface area (Å²) in [7, 11) is 1.53. The lowest BCUT2D eigenvalue weighted by Crippen LogP contribution is -2.07. The molecule has 0 fully saturated rings. The van der Waals surface area contributed by atoms with Crippen LogP contribution in [0.5, 0.6) is 5.75 Å². The Labute approximate surface area is 103 Å². The number of methoxy groups -OCH3 is 1. The molecule has 1 aromatic carbocycles. The van der Waals surface area contributed by atoms with Crippen LogP contribution in [0.15, 0.2) is 22.7 Å². The molecular formula is C11H12BrNO3. The van der Waals surface area contributed by atoms with Crippen LogP contribution in [0, 0.1) is 11.3 Å². The van der Waals surface area contributed by atoms with Gasteiger partial charge in [-0.05, 0) is 18.2 Å². The lowest BCUT2D eigenvalue weighted by atomic mass is 10.1. The normalized spacial score (nSPS) is 11.9. The number of aliphatic hydroxyl groups excluding tert-OH is 1. The quantitative estimate of drug-likeness (QED) is 0.899. The molecule has 0 heterocycles. The molecule has 1 rings (SSSR count). The Bertz CT molecular complexity index is 389. The van der Waals surface area contributed by atoms with E-state index in [9.17, 15) is 0 Å². The third kappa shape index (κ3) is 3.20. The van der Waals surface area contributed by atoms with Gasteiger partial charge in [-0.25, -0.2) is 0 Å². The molecule has 4 nitrogen and oxygen atoms in total. The molecule has 5 heteroatoms. The first kappa shape index (κ1) is 13.0. The van der Waals surface area contributed by atoms with Crippen LogP contribution in [-0.2, 0) is 4.74 Å². The van der Waals surface area contributed by atoms with E-state index in [1.165, 1.54) is 7.11 Å². The molecule has 1 aromatic rings. The van der Waals surface area contributed by atoms with Gasteiger partial charge >= 0.3 is 0 Å². The first-order valence-corrected chi connectivity index (χ1v) is 5.47. The van der Waals surface area contributed by atoms with Crippen molar-refractivity contribution in [2.75, 3.05) is 20.3 Å². The van der Waals surface area contributed by atoms with E-state index in [-0.39, 0.29) is 13.2 Å². The summed E-state index contributed by atoms with van der Waals surface area (Å²) < 4.78 is 11.2. The van der Waals surface area contributed by atoms with E-state index >= 15 is 0 Å². The fraction of sp³-hybridized carbons (Fsp3) is 0.364. The molecule has 86 valence electrons. The summed E-state index contributed by atoms with van der Waals surface area (Å²) in [6, 6.07) is 7.37. The first-order chi connectivity index (χ1) is 7.72. The van der Waals surface area contributed by atoms with Crippen molar-refractivity contribution in [3.05, 3.63) is 28.2 Å². The zero-order valence-electron chi connectivity index (χ0n) is 8.81. The minimum atomic E-state index is -0.736. The van der Waals surface area contributed by atoms with E-state index in [1.54, 1.807) is 12.1 Å². The van der Waals surface area contributed by atoms with E-state index < -0.39 is 6.10 Å². The molecule has 0 radical (unpaired) electrons. The van der Waals surface area contributed by atoms with Gasteiger partial charge in [-0.2, -0.15) is 5.26 Å². The Hall–Kier alpha value is -1.09. The van der Waals surface area contributed by atoms with Crippen molar-refractivity contribution in [3.8, 4) is 11.8 Å². The largest absolute Gasteiger partial charge is 0.496 e. The Morgan fingerprint density at radius 2 is 2.31 bits per heavy atom. The molecule has 0 aromatic heterocycles. The second-order valence-electron chi connectivity index (χ2n) is 2.99. The molecule has 0 saturated carbocycles. The fourth-order valence-electron chi connectivity index (χ4n) is 1.28. The summed E-state index contributed by atoms with van der Waals surface area (Å²) in [5.41, 5.74) is 0.646. The monoisotopic (exact) mass is 285 g/mol. The average Bonchev–Trinajstić information content (AvgIpc) is 2.30. The van der Waals surface area contributed by atoms with Gasteiger partial charge in [0.15, 0.2) is 6.10 Å². The standard InChI is InChI=1S/C11H12BrNO3/c1-15-10-3-2-8(12)6-9(10)11(7-13)16-5-4-14/h2-3,6,11,14H,4-5H2,1H3. The van der Waals surface area contributed by atoms with Gasteiger partial charge in [0.05, 0.1) is 26.4 Å². The Kier molecular flexibility index (Phi) is 5.26. The summed E-state index contributed by atoms with van der Waals surface area (Å²) in [5.74, 6) is 0.590. The summed E-state index contributed by atoms with van der Waals surface area (Å²) in [6.07, 6.45) is -0.736. The maximum Gasteiger partial charge on any atom is 0.172 e. The van der Waals surface area contributed by atoms with Gasteiger partial charge in [-0.1, -0.05) is 15.9 Å². The van der Waals surface area contributed by atoms with Crippen LogP contribution in [-0.4, -0.2) is 25.4 Å². The second kappa shape index (κ2) is 6.48. The van der Waals surface area contributed by atoms with Crippen molar-refractivity contribution < 1.29 is 14.6 Å². The second-order valence-corrected chi connectivity index (χ2v) is 3.91. The summed E-state index contributed by atoms with van der Waals surface area (Å²) in [5, 5.41) is 17.7. The Balaban J connectivity index is 2.98. The molecule has 0 spiro atoms. The highest BCUT2D eigenvalue weighted by molar-refractivity contribution is 9.10. The number of aliphatic hydroxyl groups is 1. The van der Waals surface area contributed by atoms with Crippen LogP contribution in [0.1, 0.15) is 11.7 Å². The van der Waals surface area contributed by atoms with Crippen LogP contribution in [0.4, 0.5) is 0 Å². The molecule has 0 aliphatic carbocycles. The predicted molar refractivity (Wildman–Crippen MR) is 62.1 cm³/mol. The van der Waals surface area contributed by atoms with Crippen LogP contribution < -0.4 is 4.74 Å². The van der Waals surface area contributed by atoms with Gasteiger partial charge in [0.1, 0.15) is 5.75 Å². The van der Waals surface area contributed by atoms with Crippen LogP contribution in [0.3, 0.4) is 0 Å². The summed E-state index contributed by atoms with van der Waals surface area (Å²) in [6.45, 7) is 0.00237. The summed E-state index contributed by atoms with van der Waals surface area (Å²) in [4.78, 5) is 0. The van der Waals surface area contributed by atoms with Crippen molar-refractivity contribution in [2.45, 2.75) is 6.10 Å². The highest BCUT2D eigenvalue weighted by atomic mass is 79.9. The molecule has 0 saturated heterocycles. The lowest BCUT2D eigenvalue weighted by molar-refractivity contribution is 0.0568. The predicted octanol–water partition coefficient (Wildman–Crippen LogP) is 2.03. The topological polar surface area (TPSA) is 62.5 Å². The minimum Gasteiger partial charge on any atom is -0.496 e. The van der Waals surface area contributed by atoms with Crippen molar-refractivity contribution in [3.63, 3.8) is 0 Å². The SMILES string of the molecule is COc1ccc(Br)cc1C(C#N)OCCO. The maximum absolute atomic E-state index is 8.99. The van der Waals surface area contributed by atoms with Crippen molar-refractivity contribution in [2.24, 2.45) is 0 Å². The summed E-state index contributed by atoms with van der Waals surface area (Å²) >= 11 is 3.32. The number of halogens is 1. The zero-order valence-corrected chi connectivity index (χ0v) is 10.4. The number of ether oxygens (including phenoxy) is 2. The van der Waals surface area contributed by atoms with E-state index in [1.807, 2.05) is 12.1 Å². The fourth-order valence-corrected chi connectivity index (χ4v) is 1.66. The highest BCUT2D eigenvalue weighted by Crippen LogP contribution is 2.30. The van der Waals surface area contributed by atoms with Gasteiger partial charge in [-0.3, -0.25) is 0 Å². The van der Waals surface area contributed by atoms with E-state index in [4.69, 9.17) is 19.8 Å². The van der Waals surface area contributed by atoms with Crippen LogP contribution in [0.25, 0.3) is 0 Å². The third-order valence-corrected chi connectivity index (χ3v) is 2.46. The molecule has 1 unspecified atom stereocenters. The molecule has 16 heavy (non-hydrogen) atoms. The number of benzene rings is 1. The number of nitriles is 1. The number of rotatable bonds is 5. The van der Waals surface area contributed by atoms with Gasteiger partial charge in [0, 0.05) is 10.0 Å². The first-order valence-electron chi connectivity index (χ1n) is 4.68. The van der Waals surface area contributed by atoms with Gasteiger partial charge in [0.2, 0.25) is 0 Å². The Morgan fingerprint density at radius 3 is 2.88 bits per heavy atom. The van der Waals surface area contributed by atoms with Crippen molar-refractivity contribution >= 4 is 15.9 Å². The zero-order chi connectivity index (χ0) is 12.0. The molecule has 0 aliphatic heterocycles. The molecular weight excluding hydrogens is 274 g/mol. The van der Waals surface area contributed by atoms with Gasteiger partial charge in [0.25, 0.3) is 0 Å². The number of nitrogens with zero attached hydrogens (tertiary/aromatic N) is 1. The molecule has 1 N–H and O–H groups in total. The highest BCUT2D eigenvalue weighted by Gasteiger charge is 2.16. The molecule has 0 aliphatic rings. The van der Waals surface area contributed by atoms with Gasteiger partial charge < -0.3 is 14.6 Å². The van der Waals surface area contributed by atoms with E-state index in [2.05, 4.69) is 15.9 Å². The van der Waals surface area contributed by atoms with Crippen LogP contribution in [0.2, 0.25) is 0 Å². The van der Waals surface area contributed by atoms with E-state index in [0.717, 1.165) is 4.47 Å². The smallest absolute Gasteiger partial charge is 0.172 e. The van der Waals surface area contributed by atoms with E-state index in [0.29, 0.717) is 11.3 Å². The number of hydrogen-bond donors (Lipinski definition) is 1.